The maximum Gasteiger partial charge on any atom is 0.271 e. The van der Waals surface area contributed by atoms with E-state index in [9.17, 15) is 4.79 Å². The van der Waals surface area contributed by atoms with Gasteiger partial charge >= 0.3 is 0 Å². The first-order valence-corrected chi connectivity index (χ1v) is 7.80. The molecular formula is C16H23N7O. The van der Waals surface area contributed by atoms with Gasteiger partial charge in [-0.05, 0) is 31.5 Å². The fourth-order valence-corrected chi connectivity index (χ4v) is 2.30. The van der Waals surface area contributed by atoms with E-state index < -0.39 is 0 Å². The van der Waals surface area contributed by atoms with E-state index in [-0.39, 0.29) is 11.8 Å². The summed E-state index contributed by atoms with van der Waals surface area (Å²) >= 11 is 0. The van der Waals surface area contributed by atoms with Crippen molar-refractivity contribution in [2.24, 2.45) is 0 Å². The summed E-state index contributed by atoms with van der Waals surface area (Å²) < 4.78 is 0. The first-order chi connectivity index (χ1) is 11.4. The molecule has 2 rings (SSSR count). The molecule has 0 aliphatic heterocycles. The van der Waals surface area contributed by atoms with Crippen LogP contribution in [-0.4, -0.2) is 40.2 Å². The van der Waals surface area contributed by atoms with Gasteiger partial charge in [0.2, 0.25) is 0 Å². The number of nitrogens with zero attached hydrogens (tertiary/aromatic N) is 4. The minimum Gasteiger partial charge on any atom is -0.354 e. The van der Waals surface area contributed by atoms with Crippen molar-refractivity contribution in [1.82, 2.24) is 30.8 Å². The minimum absolute atomic E-state index is 0.139. The lowest BCUT2D eigenvalue weighted by atomic mass is 10.0. The number of hydrogen-bond acceptors (Lipinski definition) is 7. The topological polar surface area (TPSA) is 105 Å². The molecule has 0 fully saturated rings. The Morgan fingerprint density at radius 3 is 2.50 bits per heavy atom. The van der Waals surface area contributed by atoms with Gasteiger partial charge in [-0.15, -0.1) is 10.2 Å². The van der Waals surface area contributed by atoms with Gasteiger partial charge in [-0.25, -0.2) is 9.97 Å². The molecule has 0 atom stereocenters. The summed E-state index contributed by atoms with van der Waals surface area (Å²) in [6, 6.07) is 3.68. The lowest BCUT2D eigenvalue weighted by Gasteiger charge is -2.13. The van der Waals surface area contributed by atoms with Crippen LogP contribution < -0.4 is 16.0 Å². The molecule has 0 aliphatic rings. The first kappa shape index (κ1) is 17.7. The third-order valence-electron chi connectivity index (χ3n) is 3.39. The highest BCUT2D eigenvalue weighted by Crippen LogP contribution is 2.22. The summed E-state index contributed by atoms with van der Waals surface area (Å²) in [6.07, 6.45) is 0. The van der Waals surface area contributed by atoms with Gasteiger partial charge in [0.15, 0.2) is 11.5 Å². The lowest BCUT2D eigenvalue weighted by Crippen LogP contribution is -2.22. The van der Waals surface area contributed by atoms with Crippen molar-refractivity contribution in [3.05, 3.63) is 34.9 Å². The average Bonchev–Trinajstić information content (AvgIpc) is 2.53. The standard InChI is InChI=1S/C16H23N7O/c1-9(2)12-7-14(22-23-15(12)16(24)18-5)21-13-6-11(8-17-4)19-10(3)20-13/h6-7,9,17H,8H2,1-5H3,(H,18,24)(H,19,20,21,22). The fraction of sp³-hybridized carbons (Fsp3) is 0.438. The van der Waals surface area contributed by atoms with Gasteiger partial charge in [-0.3, -0.25) is 4.79 Å². The van der Waals surface area contributed by atoms with E-state index in [4.69, 9.17) is 0 Å². The number of anilines is 2. The molecule has 24 heavy (non-hydrogen) atoms. The smallest absolute Gasteiger partial charge is 0.271 e. The Kier molecular flexibility index (Phi) is 5.75. The number of rotatable bonds is 6. The van der Waals surface area contributed by atoms with Crippen molar-refractivity contribution >= 4 is 17.5 Å². The summed E-state index contributed by atoms with van der Waals surface area (Å²) in [4.78, 5) is 20.6. The molecule has 2 aromatic rings. The van der Waals surface area contributed by atoms with Crippen molar-refractivity contribution in [2.75, 3.05) is 19.4 Å². The zero-order valence-corrected chi connectivity index (χ0v) is 14.6. The predicted octanol–water partition coefficient (Wildman–Crippen LogP) is 1.52. The molecule has 0 unspecified atom stereocenters. The summed E-state index contributed by atoms with van der Waals surface area (Å²) in [5.74, 6) is 1.75. The molecule has 0 aromatic carbocycles. The molecule has 2 aromatic heterocycles. The van der Waals surface area contributed by atoms with Crippen LogP contribution >= 0.6 is 0 Å². The van der Waals surface area contributed by atoms with Crippen LogP contribution in [0, 0.1) is 6.92 Å². The van der Waals surface area contributed by atoms with E-state index in [0.29, 0.717) is 29.7 Å². The number of hydrogen-bond donors (Lipinski definition) is 3. The van der Waals surface area contributed by atoms with Gasteiger partial charge < -0.3 is 16.0 Å². The first-order valence-electron chi connectivity index (χ1n) is 7.80. The van der Waals surface area contributed by atoms with Gasteiger partial charge in [0, 0.05) is 19.7 Å². The molecule has 0 spiro atoms. The third-order valence-corrected chi connectivity index (χ3v) is 3.39. The number of carbonyl (C=O) groups excluding carboxylic acids is 1. The summed E-state index contributed by atoms with van der Waals surface area (Å²) in [5.41, 5.74) is 2.05. The Hall–Kier alpha value is -2.61. The molecule has 8 heteroatoms. The molecular weight excluding hydrogens is 306 g/mol. The molecule has 0 radical (unpaired) electrons. The molecule has 0 saturated heterocycles. The van der Waals surface area contributed by atoms with E-state index in [1.54, 1.807) is 7.05 Å². The van der Waals surface area contributed by atoms with Gasteiger partial charge in [0.05, 0.1) is 5.69 Å². The van der Waals surface area contributed by atoms with E-state index in [1.165, 1.54) is 0 Å². The molecule has 2 heterocycles. The molecule has 0 saturated carbocycles. The van der Waals surface area contributed by atoms with Gasteiger partial charge in [-0.2, -0.15) is 0 Å². The summed E-state index contributed by atoms with van der Waals surface area (Å²) in [6.45, 7) is 6.50. The van der Waals surface area contributed by atoms with E-state index in [0.717, 1.165) is 11.3 Å². The second-order valence-corrected chi connectivity index (χ2v) is 5.71. The largest absolute Gasteiger partial charge is 0.354 e. The Morgan fingerprint density at radius 2 is 1.88 bits per heavy atom. The van der Waals surface area contributed by atoms with Crippen molar-refractivity contribution in [2.45, 2.75) is 33.2 Å². The maximum atomic E-state index is 11.9. The van der Waals surface area contributed by atoms with Crippen LogP contribution in [0.15, 0.2) is 12.1 Å². The van der Waals surface area contributed by atoms with E-state index in [2.05, 4.69) is 36.1 Å². The van der Waals surface area contributed by atoms with Crippen LogP contribution in [0.2, 0.25) is 0 Å². The molecule has 0 aliphatic carbocycles. The van der Waals surface area contributed by atoms with Crippen molar-refractivity contribution in [3.8, 4) is 0 Å². The van der Waals surface area contributed by atoms with Gasteiger partial charge in [-0.1, -0.05) is 13.8 Å². The number of amides is 1. The number of aromatic nitrogens is 4. The predicted molar refractivity (Wildman–Crippen MR) is 92.3 cm³/mol. The average molecular weight is 329 g/mol. The second kappa shape index (κ2) is 7.78. The van der Waals surface area contributed by atoms with Crippen LogP contribution in [0.3, 0.4) is 0 Å². The van der Waals surface area contributed by atoms with Gasteiger partial charge in [0.1, 0.15) is 11.6 Å². The fourth-order valence-electron chi connectivity index (χ4n) is 2.30. The molecule has 0 bridgehead atoms. The Labute approximate surface area is 141 Å². The Bertz CT molecular complexity index is 730. The van der Waals surface area contributed by atoms with Crippen molar-refractivity contribution in [1.29, 1.82) is 0 Å². The van der Waals surface area contributed by atoms with Crippen molar-refractivity contribution in [3.63, 3.8) is 0 Å². The van der Waals surface area contributed by atoms with Crippen LogP contribution in [-0.2, 0) is 6.54 Å². The monoisotopic (exact) mass is 329 g/mol. The lowest BCUT2D eigenvalue weighted by molar-refractivity contribution is 0.0955. The number of nitrogens with one attached hydrogen (secondary N) is 3. The molecule has 1 amide bonds. The minimum atomic E-state index is -0.244. The molecule has 128 valence electrons. The zero-order chi connectivity index (χ0) is 17.7. The van der Waals surface area contributed by atoms with Gasteiger partial charge in [0.25, 0.3) is 5.91 Å². The number of carbonyl (C=O) groups is 1. The van der Waals surface area contributed by atoms with E-state index in [1.807, 2.05) is 40.0 Å². The van der Waals surface area contributed by atoms with Crippen molar-refractivity contribution < 1.29 is 4.79 Å². The Morgan fingerprint density at radius 1 is 1.12 bits per heavy atom. The third kappa shape index (κ3) is 4.23. The normalized spacial score (nSPS) is 10.8. The van der Waals surface area contributed by atoms with Crippen LogP contribution in [0.4, 0.5) is 11.6 Å². The maximum absolute atomic E-state index is 11.9. The molecule has 8 nitrogen and oxygen atoms in total. The van der Waals surface area contributed by atoms with Crippen LogP contribution in [0.5, 0.6) is 0 Å². The quantitative estimate of drug-likeness (QED) is 0.738. The number of aryl methyl sites for hydroxylation is 1. The second-order valence-electron chi connectivity index (χ2n) is 5.71. The highest BCUT2D eigenvalue weighted by Gasteiger charge is 2.16. The van der Waals surface area contributed by atoms with E-state index >= 15 is 0 Å². The highest BCUT2D eigenvalue weighted by atomic mass is 16.1. The Balaban J connectivity index is 2.33. The summed E-state index contributed by atoms with van der Waals surface area (Å²) in [7, 11) is 3.44. The summed E-state index contributed by atoms with van der Waals surface area (Å²) in [5, 5.41) is 16.9. The van der Waals surface area contributed by atoms with Crippen LogP contribution in [0.1, 0.15) is 47.3 Å². The SMILES string of the molecule is CNCc1cc(Nc2cc(C(C)C)c(C(=O)NC)nn2)nc(C)n1. The van der Waals surface area contributed by atoms with Crippen LogP contribution in [0.25, 0.3) is 0 Å². The zero-order valence-electron chi connectivity index (χ0n) is 14.6. The highest BCUT2D eigenvalue weighted by molar-refractivity contribution is 5.93. The molecule has 3 N–H and O–H groups in total.